The zero-order chi connectivity index (χ0) is 17.3. The molecule has 0 saturated heterocycles. The van der Waals surface area contributed by atoms with Crippen molar-refractivity contribution in [2.24, 2.45) is 5.10 Å². The minimum absolute atomic E-state index is 0.141. The van der Waals surface area contributed by atoms with E-state index in [1.54, 1.807) is 36.0 Å². The molecular formula is C16H16FN5O2. The van der Waals surface area contributed by atoms with Gasteiger partial charge in [0.15, 0.2) is 0 Å². The number of hydrogen-bond donors (Lipinski definition) is 1. The van der Waals surface area contributed by atoms with Crippen LogP contribution in [0.1, 0.15) is 18.7 Å². The molecule has 8 heteroatoms. The van der Waals surface area contributed by atoms with Crippen LogP contribution in [0, 0.1) is 12.7 Å². The van der Waals surface area contributed by atoms with E-state index in [9.17, 15) is 14.0 Å². The van der Waals surface area contributed by atoms with Gasteiger partial charge >= 0.3 is 0 Å². The molecule has 1 aromatic carbocycles. The molecule has 2 heterocycles. The molecule has 24 heavy (non-hydrogen) atoms. The zero-order valence-corrected chi connectivity index (χ0v) is 13.3. The summed E-state index contributed by atoms with van der Waals surface area (Å²) < 4.78 is 15.9. The molecule has 0 atom stereocenters. The summed E-state index contributed by atoms with van der Waals surface area (Å²) in [7, 11) is 1.50. The van der Waals surface area contributed by atoms with Gasteiger partial charge < -0.3 is 9.88 Å². The second-order valence-electron chi connectivity index (χ2n) is 5.43. The van der Waals surface area contributed by atoms with Gasteiger partial charge in [0.25, 0.3) is 5.91 Å². The van der Waals surface area contributed by atoms with E-state index in [4.69, 9.17) is 0 Å². The van der Waals surface area contributed by atoms with Gasteiger partial charge in [0.05, 0.1) is 5.69 Å². The molecule has 0 radical (unpaired) electrons. The topological polar surface area (TPSA) is 79.6 Å². The maximum absolute atomic E-state index is 14.3. The second-order valence-corrected chi connectivity index (χ2v) is 5.43. The van der Waals surface area contributed by atoms with Crippen molar-refractivity contribution in [1.29, 1.82) is 0 Å². The van der Waals surface area contributed by atoms with E-state index in [0.717, 1.165) is 5.01 Å². The lowest BCUT2D eigenvalue weighted by atomic mass is 10.1. The summed E-state index contributed by atoms with van der Waals surface area (Å²) in [6.07, 6.45) is 3.75. The number of halogens is 1. The normalized spacial score (nSPS) is 14.5. The lowest BCUT2D eigenvalue weighted by Crippen LogP contribution is -2.34. The van der Waals surface area contributed by atoms with Gasteiger partial charge in [-0.15, -0.1) is 0 Å². The summed E-state index contributed by atoms with van der Waals surface area (Å²) in [5.74, 6) is -0.403. The van der Waals surface area contributed by atoms with Gasteiger partial charge in [0.1, 0.15) is 17.4 Å². The summed E-state index contributed by atoms with van der Waals surface area (Å²) in [6.45, 7) is 1.77. The molecule has 1 aliphatic heterocycles. The highest BCUT2D eigenvalue weighted by molar-refractivity contribution is 6.43. The Hall–Kier alpha value is -3.03. The van der Waals surface area contributed by atoms with Gasteiger partial charge in [-0.25, -0.2) is 14.4 Å². The van der Waals surface area contributed by atoms with Gasteiger partial charge in [-0.2, -0.15) is 5.10 Å². The third-order valence-electron chi connectivity index (χ3n) is 3.76. The highest BCUT2D eigenvalue weighted by atomic mass is 19.1. The first-order chi connectivity index (χ1) is 11.5. The van der Waals surface area contributed by atoms with E-state index in [2.05, 4.69) is 15.4 Å². The third-order valence-corrected chi connectivity index (χ3v) is 3.76. The van der Waals surface area contributed by atoms with Crippen molar-refractivity contribution in [2.45, 2.75) is 19.8 Å². The number of nitrogens with one attached hydrogen (secondary N) is 1. The van der Waals surface area contributed by atoms with Crippen LogP contribution in [-0.4, -0.2) is 39.1 Å². The van der Waals surface area contributed by atoms with Crippen LogP contribution in [-0.2, 0) is 9.59 Å². The Morgan fingerprint density at radius 3 is 2.75 bits per heavy atom. The Kier molecular flexibility index (Phi) is 4.11. The minimum Gasteiger partial charge on any atom is -0.321 e. The van der Waals surface area contributed by atoms with Crippen molar-refractivity contribution in [1.82, 2.24) is 14.6 Å². The Labute approximate surface area is 137 Å². The molecule has 0 fully saturated rings. The molecule has 2 amide bonds. The fourth-order valence-corrected chi connectivity index (χ4v) is 2.45. The first-order valence-electron chi connectivity index (χ1n) is 7.41. The van der Waals surface area contributed by atoms with Crippen LogP contribution in [0.15, 0.2) is 35.7 Å². The summed E-state index contributed by atoms with van der Waals surface area (Å²) in [5, 5.41) is 7.68. The number of imidazole rings is 1. The van der Waals surface area contributed by atoms with Gasteiger partial charge in [0.2, 0.25) is 5.91 Å². The smallest absolute Gasteiger partial charge is 0.271 e. The molecule has 0 saturated carbocycles. The molecule has 3 rings (SSSR count). The number of carbonyl (C=O) groups is 2. The lowest BCUT2D eigenvalue weighted by molar-refractivity contribution is -0.130. The molecule has 0 unspecified atom stereocenters. The van der Waals surface area contributed by atoms with Crippen LogP contribution in [0.2, 0.25) is 0 Å². The Bertz CT molecular complexity index is 843. The summed E-state index contributed by atoms with van der Waals surface area (Å²) in [6, 6.07) is 4.41. The predicted octanol–water partition coefficient (Wildman–Crippen LogP) is 1.87. The monoisotopic (exact) mass is 329 g/mol. The lowest BCUT2D eigenvalue weighted by Gasteiger charge is -2.19. The number of aryl methyl sites for hydroxylation is 1. The molecule has 1 aliphatic rings. The number of nitrogens with zero attached hydrogens (tertiary/aromatic N) is 4. The number of rotatable bonds is 3. The first kappa shape index (κ1) is 15.9. The van der Waals surface area contributed by atoms with Crippen LogP contribution >= 0.6 is 0 Å². The zero-order valence-electron chi connectivity index (χ0n) is 13.3. The maximum atomic E-state index is 14.3. The number of aromatic nitrogens is 2. The third kappa shape index (κ3) is 3.03. The molecule has 7 nitrogen and oxygen atoms in total. The van der Waals surface area contributed by atoms with Crippen molar-refractivity contribution < 1.29 is 14.0 Å². The first-order valence-corrected chi connectivity index (χ1v) is 7.41. The Morgan fingerprint density at radius 2 is 2.12 bits per heavy atom. The van der Waals surface area contributed by atoms with E-state index in [0.29, 0.717) is 17.2 Å². The van der Waals surface area contributed by atoms with E-state index in [1.807, 2.05) is 0 Å². The fourth-order valence-electron chi connectivity index (χ4n) is 2.45. The number of anilines is 1. The quantitative estimate of drug-likeness (QED) is 0.933. The van der Waals surface area contributed by atoms with E-state index < -0.39 is 11.7 Å². The van der Waals surface area contributed by atoms with Crippen LogP contribution in [0.25, 0.3) is 5.69 Å². The van der Waals surface area contributed by atoms with E-state index in [-0.39, 0.29) is 24.5 Å². The van der Waals surface area contributed by atoms with Crippen LogP contribution in [0.3, 0.4) is 0 Å². The molecular weight excluding hydrogens is 313 g/mol. The van der Waals surface area contributed by atoms with Gasteiger partial charge in [0, 0.05) is 38.0 Å². The molecule has 1 aromatic heterocycles. The Morgan fingerprint density at radius 1 is 1.33 bits per heavy atom. The standard InChI is InChI=1S/C16H16FN5O2/c1-10-18-7-8-22(10)14-5-3-11(9-12(14)17)19-16(24)13-4-6-15(23)21(2)20-13/h3,5,7-9H,4,6H2,1-2H3,(H,19,24). The maximum Gasteiger partial charge on any atom is 0.271 e. The van der Waals surface area contributed by atoms with Gasteiger partial charge in [-0.3, -0.25) is 9.59 Å². The van der Waals surface area contributed by atoms with E-state index >= 15 is 0 Å². The number of amides is 2. The number of carbonyl (C=O) groups excluding carboxylic acids is 2. The van der Waals surface area contributed by atoms with Crippen molar-refractivity contribution in [2.75, 3.05) is 12.4 Å². The molecule has 0 bridgehead atoms. The number of hydrazone groups is 1. The summed E-state index contributed by atoms with van der Waals surface area (Å²) >= 11 is 0. The molecule has 1 N–H and O–H groups in total. The van der Waals surface area contributed by atoms with Crippen LogP contribution in [0.5, 0.6) is 0 Å². The summed E-state index contributed by atoms with van der Waals surface area (Å²) in [5.41, 5.74) is 0.914. The Balaban J connectivity index is 1.78. The average Bonchev–Trinajstić information content (AvgIpc) is 2.96. The van der Waals surface area contributed by atoms with Gasteiger partial charge in [-0.05, 0) is 25.1 Å². The number of benzene rings is 1. The average molecular weight is 329 g/mol. The fraction of sp³-hybridized carbons (Fsp3) is 0.250. The van der Waals surface area contributed by atoms with Crippen molar-refractivity contribution in [3.05, 3.63) is 42.2 Å². The summed E-state index contributed by atoms with van der Waals surface area (Å²) in [4.78, 5) is 27.6. The largest absolute Gasteiger partial charge is 0.321 e. The van der Waals surface area contributed by atoms with Crippen LogP contribution in [0.4, 0.5) is 10.1 Å². The second kappa shape index (κ2) is 6.23. The molecule has 0 aliphatic carbocycles. The van der Waals surface area contributed by atoms with Crippen molar-refractivity contribution in [3.8, 4) is 5.69 Å². The van der Waals surface area contributed by atoms with E-state index in [1.165, 1.54) is 13.1 Å². The van der Waals surface area contributed by atoms with Crippen molar-refractivity contribution >= 4 is 23.2 Å². The van der Waals surface area contributed by atoms with Crippen molar-refractivity contribution in [3.63, 3.8) is 0 Å². The SMILES string of the molecule is Cc1nccn1-c1ccc(NC(=O)C2=NN(C)C(=O)CC2)cc1F. The molecule has 2 aromatic rings. The number of hydrogen-bond acceptors (Lipinski definition) is 4. The minimum atomic E-state index is -0.480. The molecule has 124 valence electrons. The molecule has 0 spiro atoms. The highest BCUT2D eigenvalue weighted by Gasteiger charge is 2.22. The predicted molar refractivity (Wildman–Crippen MR) is 86.3 cm³/mol. The van der Waals surface area contributed by atoms with Gasteiger partial charge in [-0.1, -0.05) is 0 Å². The highest BCUT2D eigenvalue weighted by Crippen LogP contribution is 2.20. The van der Waals surface area contributed by atoms with Crippen LogP contribution < -0.4 is 5.32 Å².